The molecule has 0 aliphatic carbocycles. The van der Waals surface area contributed by atoms with E-state index in [4.69, 9.17) is 13.8 Å². The molecular formula is C45H57N3O3SSi2. The number of anilines is 1. The second-order valence-corrected chi connectivity index (χ2v) is 22.8. The molecule has 1 aliphatic rings. The Kier molecular flexibility index (Phi) is 12.8. The van der Waals surface area contributed by atoms with Gasteiger partial charge in [0.15, 0.2) is 5.13 Å². The second kappa shape index (κ2) is 17.3. The highest BCUT2D eigenvalue weighted by Gasteiger charge is 2.49. The molecule has 1 aromatic heterocycles. The summed E-state index contributed by atoms with van der Waals surface area (Å²) >= 11 is 1.52. The van der Waals surface area contributed by atoms with Gasteiger partial charge in [-0.3, -0.25) is 4.79 Å². The number of hydrogen-bond donors (Lipinski definition) is 1. The van der Waals surface area contributed by atoms with Gasteiger partial charge in [0, 0.05) is 17.8 Å². The van der Waals surface area contributed by atoms with Gasteiger partial charge in [-0.2, -0.15) is 0 Å². The molecule has 6 nitrogen and oxygen atoms in total. The van der Waals surface area contributed by atoms with E-state index in [0.29, 0.717) is 17.5 Å². The lowest BCUT2D eigenvalue weighted by atomic mass is 9.74. The number of amides is 1. The summed E-state index contributed by atoms with van der Waals surface area (Å²) in [5.74, 6) is 0.500. The van der Waals surface area contributed by atoms with Crippen molar-refractivity contribution in [3.63, 3.8) is 0 Å². The summed E-state index contributed by atoms with van der Waals surface area (Å²) in [6.07, 6.45) is 0.419. The van der Waals surface area contributed by atoms with Crippen molar-refractivity contribution in [2.45, 2.75) is 80.2 Å². The van der Waals surface area contributed by atoms with Gasteiger partial charge < -0.3 is 19.1 Å². The number of carbonyl (C=O) groups is 1. The SMILES string of the molecule is CC(C)C[C@H](NC(=O)c1csc(N2CC(C(C)(C)C)C2O[SiH](c2ccccc2)c2ccccc2)n1)C(O[SiH](c1ccccc1)c1ccccc1)C(C)(C)C. The number of nitrogens with zero attached hydrogens (tertiary/aromatic N) is 2. The van der Waals surface area contributed by atoms with Crippen LogP contribution in [0.3, 0.4) is 0 Å². The van der Waals surface area contributed by atoms with Crippen molar-refractivity contribution in [1.29, 1.82) is 0 Å². The minimum atomic E-state index is -2.10. The van der Waals surface area contributed by atoms with Gasteiger partial charge in [-0.1, -0.05) is 177 Å². The van der Waals surface area contributed by atoms with Crippen LogP contribution in [-0.4, -0.2) is 53.9 Å². The molecule has 4 atom stereocenters. The van der Waals surface area contributed by atoms with E-state index >= 15 is 0 Å². The minimum absolute atomic E-state index is 0.0394. The van der Waals surface area contributed by atoms with Crippen LogP contribution in [0.2, 0.25) is 0 Å². The summed E-state index contributed by atoms with van der Waals surface area (Å²) in [5.41, 5.74) is 0.239. The largest absolute Gasteiger partial charge is 0.405 e. The molecule has 284 valence electrons. The predicted octanol–water partition coefficient (Wildman–Crippen LogP) is 6.62. The highest BCUT2D eigenvalue weighted by Crippen LogP contribution is 2.43. The highest BCUT2D eigenvalue weighted by molar-refractivity contribution is 7.14. The zero-order valence-electron chi connectivity index (χ0n) is 33.1. The standard InChI is InChI=1S/C45H57N3O3SSi2/c1-32(2)29-38(40(45(6,7)8)50-53(33-21-13-9-14-22-33)34-23-15-10-16-24-34)46-41(49)39-31-52-43(47-39)48-30-37(44(3,4)5)42(48)51-54(35-25-17-11-18-26-35)36-27-19-12-20-28-36/h9-28,31-32,37-38,40,42,53-54H,29-30H2,1-8H3,(H,46,49)/t37?,38-,40?,42?/m0/s1. The van der Waals surface area contributed by atoms with Gasteiger partial charge in [-0.25, -0.2) is 4.98 Å². The summed E-state index contributed by atoms with van der Waals surface area (Å²) in [6, 6.07) is 42.2. The molecule has 1 N–H and O–H groups in total. The summed E-state index contributed by atoms with van der Waals surface area (Å²) < 4.78 is 14.5. The Morgan fingerprint density at radius 1 is 0.778 bits per heavy atom. The summed E-state index contributed by atoms with van der Waals surface area (Å²) in [4.78, 5) is 21.5. The first-order chi connectivity index (χ1) is 25.8. The number of rotatable bonds is 14. The van der Waals surface area contributed by atoms with E-state index in [1.54, 1.807) is 0 Å². The normalized spacial score (nSPS) is 17.4. The Bertz CT molecular complexity index is 1840. The van der Waals surface area contributed by atoms with Gasteiger partial charge in [-0.15, -0.1) is 11.3 Å². The lowest BCUT2D eigenvalue weighted by molar-refractivity contribution is 0.00493. The van der Waals surface area contributed by atoms with Crippen LogP contribution < -0.4 is 31.0 Å². The van der Waals surface area contributed by atoms with Crippen molar-refractivity contribution in [2.75, 3.05) is 11.4 Å². The van der Waals surface area contributed by atoms with Crippen molar-refractivity contribution >= 4 is 61.2 Å². The molecule has 1 saturated heterocycles. The number of carbonyl (C=O) groups excluding carboxylic acids is 1. The second-order valence-electron chi connectivity index (χ2n) is 17.2. The fourth-order valence-electron chi connectivity index (χ4n) is 7.45. The van der Waals surface area contributed by atoms with Gasteiger partial charge in [-0.05, 0) is 43.9 Å². The molecule has 1 amide bonds. The molecule has 6 rings (SSSR count). The highest BCUT2D eigenvalue weighted by atomic mass is 32.1. The Morgan fingerprint density at radius 2 is 1.24 bits per heavy atom. The maximum Gasteiger partial charge on any atom is 0.271 e. The zero-order chi connectivity index (χ0) is 38.5. The fraction of sp³-hybridized carbons (Fsp3) is 0.378. The number of nitrogens with one attached hydrogen (secondary N) is 1. The molecule has 4 aromatic carbocycles. The van der Waals surface area contributed by atoms with Gasteiger partial charge in [0.25, 0.3) is 5.91 Å². The first-order valence-electron chi connectivity index (χ1n) is 19.3. The van der Waals surface area contributed by atoms with E-state index in [1.807, 2.05) is 5.38 Å². The summed E-state index contributed by atoms with van der Waals surface area (Å²) in [5, 5.41) is 11.1. The van der Waals surface area contributed by atoms with Crippen LogP contribution in [0.5, 0.6) is 0 Å². The van der Waals surface area contributed by atoms with Crippen LogP contribution in [0, 0.1) is 22.7 Å². The van der Waals surface area contributed by atoms with Crippen molar-refractivity contribution < 1.29 is 13.6 Å². The molecule has 5 aromatic rings. The fourth-order valence-corrected chi connectivity index (χ4v) is 13.5. The van der Waals surface area contributed by atoms with Crippen molar-refractivity contribution in [2.24, 2.45) is 22.7 Å². The topological polar surface area (TPSA) is 63.7 Å². The molecule has 0 radical (unpaired) electrons. The zero-order valence-corrected chi connectivity index (χ0v) is 36.2. The molecule has 9 heteroatoms. The smallest absolute Gasteiger partial charge is 0.271 e. The number of thiazole rings is 1. The average molecular weight is 776 g/mol. The first-order valence-corrected chi connectivity index (χ1v) is 23.5. The number of aromatic nitrogens is 1. The monoisotopic (exact) mass is 775 g/mol. The molecule has 1 fully saturated rings. The quantitative estimate of drug-likeness (QED) is 0.129. The summed E-state index contributed by atoms with van der Waals surface area (Å²) in [7, 11) is -4.14. The van der Waals surface area contributed by atoms with E-state index < -0.39 is 18.1 Å². The Morgan fingerprint density at radius 3 is 1.67 bits per heavy atom. The minimum Gasteiger partial charge on any atom is -0.405 e. The molecule has 54 heavy (non-hydrogen) atoms. The van der Waals surface area contributed by atoms with Crippen LogP contribution in [0.25, 0.3) is 0 Å². The third kappa shape index (κ3) is 9.67. The first kappa shape index (κ1) is 39.8. The van der Waals surface area contributed by atoms with Gasteiger partial charge in [0.1, 0.15) is 11.9 Å². The van der Waals surface area contributed by atoms with E-state index in [-0.39, 0.29) is 35.1 Å². The number of benzene rings is 4. The molecule has 0 spiro atoms. The van der Waals surface area contributed by atoms with E-state index in [9.17, 15) is 4.79 Å². The molecule has 0 bridgehead atoms. The predicted molar refractivity (Wildman–Crippen MR) is 231 cm³/mol. The molecule has 2 heterocycles. The Balaban J connectivity index is 1.25. The van der Waals surface area contributed by atoms with E-state index in [1.165, 1.54) is 32.1 Å². The lowest BCUT2D eigenvalue weighted by Crippen LogP contribution is -2.65. The van der Waals surface area contributed by atoms with Crippen molar-refractivity contribution in [3.05, 3.63) is 132 Å². The third-order valence-corrected chi connectivity index (χ3v) is 16.3. The van der Waals surface area contributed by atoms with Gasteiger partial charge in [0.05, 0.1) is 12.1 Å². The van der Waals surface area contributed by atoms with E-state index in [0.717, 1.165) is 18.1 Å². The maximum absolute atomic E-state index is 14.2. The van der Waals surface area contributed by atoms with Crippen molar-refractivity contribution in [3.8, 4) is 0 Å². The molecular weight excluding hydrogens is 719 g/mol. The van der Waals surface area contributed by atoms with Crippen LogP contribution in [0.4, 0.5) is 5.13 Å². The van der Waals surface area contributed by atoms with Crippen LogP contribution in [0.1, 0.15) is 72.3 Å². The lowest BCUT2D eigenvalue weighted by Gasteiger charge is -2.54. The molecule has 3 unspecified atom stereocenters. The van der Waals surface area contributed by atoms with Crippen LogP contribution in [-0.2, 0) is 8.85 Å². The average Bonchev–Trinajstić information content (AvgIpc) is 3.61. The van der Waals surface area contributed by atoms with Crippen LogP contribution >= 0.6 is 11.3 Å². The molecule has 0 saturated carbocycles. The van der Waals surface area contributed by atoms with Crippen LogP contribution in [0.15, 0.2) is 127 Å². The Hall–Kier alpha value is -3.87. The van der Waals surface area contributed by atoms with E-state index in [2.05, 4.69) is 187 Å². The van der Waals surface area contributed by atoms with Gasteiger partial charge >= 0.3 is 0 Å². The van der Waals surface area contributed by atoms with Gasteiger partial charge in [0.2, 0.25) is 18.1 Å². The summed E-state index contributed by atoms with van der Waals surface area (Å²) in [6.45, 7) is 18.8. The molecule has 1 aliphatic heterocycles. The number of hydrogen-bond acceptors (Lipinski definition) is 6. The Labute approximate surface area is 330 Å². The van der Waals surface area contributed by atoms with Crippen molar-refractivity contribution in [1.82, 2.24) is 10.3 Å². The maximum atomic E-state index is 14.2. The third-order valence-electron chi connectivity index (χ3n) is 10.4.